The molecule has 2 atom stereocenters. The summed E-state index contributed by atoms with van der Waals surface area (Å²) in [5.74, 6) is -0.996. The zero-order valence-electron chi connectivity index (χ0n) is 17.9. The lowest BCUT2D eigenvalue weighted by molar-refractivity contribution is -0.136. The van der Waals surface area contributed by atoms with Gasteiger partial charge in [0.15, 0.2) is 0 Å². The zero-order valence-corrected chi connectivity index (χ0v) is 18.8. The summed E-state index contributed by atoms with van der Waals surface area (Å²) in [6, 6.07) is 6.44. The Morgan fingerprint density at radius 1 is 1.18 bits per heavy atom. The molecule has 4 rings (SSSR count). The number of urea groups is 1. The van der Waals surface area contributed by atoms with Crippen molar-refractivity contribution in [1.82, 2.24) is 20.2 Å². The third-order valence-electron chi connectivity index (χ3n) is 6.04. The first-order valence-electron chi connectivity index (χ1n) is 10.6. The Hall–Kier alpha value is -3.54. The first-order chi connectivity index (χ1) is 15.7. The normalized spacial score (nSPS) is 22.8. The number of carbonyl (C=O) groups is 3. The van der Waals surface area contributed by atoms with E-state index in [-0.39, 0.29) is 22.7 Å². The van der Waals surface area contributed by atoms with E-state index in [1.807, 2.05) is 6.92 Å². The van der Waals surface area contributed by atoms with Crippen molar-refractivity contribution in [3.8, 4) is 0 Å². The van der Waals surface area contributed by atoms with E-state index in [2.05, 4.69) is 25.3 Å². The summed E-state index contributed by atoms with van der Waals surface area (Å²) in [5.41, 5.74) is -0.608. The molecule has 11 nitrogen and oxygen atoms in total. The second kappa shape index (κ2) is 8.77. The van der Waals surface area contributed by atoms with Crippen molar-refractivity contribution < 1.29 is 22.8 Å². The van der Waals surface area contributed by atoms with Crippen LogP contribution in [0.2, 0.25) is 0 Å². The molecule has 33 heavy (non-hydrogen) atoms. The molecule has 0 radical (unpaired) electrons. The number of anilines is 2. The lowest BCUT2D eigenvalue weighted by Crippen LogP contribution is -2.54. The highest BCUT2D eigenvalue weighted by Gasteiger charge is 2.55. The van der Waals surface area contributed by atoms with Crippen molar-refractivity contribution >= 4 is 39.5 Å². The summed E-state index contributed by atoms with van der Waals surface area (Å²) in [7, 11) is -3.91. The average molecular weight is 473 g/mol. The van der Waals surface area contributed by atoms with Gasteiger partial charge in [-0.1, -0.05) is 19.8 Å². The lowest BCUT2D eigenvalue weighted by atomic mass is 9.73. The minimum Gasteiger partial charge on any atom is -0.325 e. The van der Waals surface area contributed by atoms with Crippen LogP contribution in [-0.4, -0.2) is 53.2 Å². The highest BCUT2D eigenvalue weighted by Crippen LogP contribution is 2.38. The Balaban J connectivity index is 1.39. The molecule has 1 saturated heterocycles. The Kier molecular flexibility index (Phi) is 6.02. The predicted octanol–water partition coefficient (Wildman–Crippen LogP) is 1.72. The van der Waals surface area contributed by atoms with Crippen molar-refractivity contribution in [1.29, 1.82) is 0 Å². The van der Waals surface area contributed by atoms with E-state index >= 15 is 0 Å². The van der Waals surface area contributed by atoms with E-state index in [4.69, 9.17) is 0 Å². The van der Waals surface area contributed by atoms with Crippen LogP contribution in [0.15, 0.2) is 47.6 Å². The maximum absolute atomic E-state index is 13.0. The second-order valence-electron chi connectivity index (χ2n) is 8.19. The molecule has 1 aromatic carbocycles. The van der Waals surface area contributed by atoms with E-state index in [0.29, 0.717) is 12.1 Å². The van der Waals surface area contributed by atoms with Gasteiger partial charge in [-0.15, -0.1) is 0 Å². The molecule has 3 N–H and O–H groups in total. The third kappa shape index (κ3) is 4.51. The van der Waals surface area contributed by atoms with Crippen LogP contribution in [-0.2, 0) is 19.6 Å². The highest BCUT2D eigenvalue weighted by molar-refractivity contribution is 7.92. The van der Waals surface area contributed by atoms with Crippen molar-refractivity contribution in [3.63, 3.8) is 0 Å². The third-order valence-corrected chi connectivity index (χ3v) is 7.39. The van der Waals surface area contributed by atoms with Crippen LogP contribution >= 0.6 is 0 Å². The number of imide groups is 1. The Morgan fingerprint density at radius 2 is 1.88 bits per heavy atom. The van der Waals surface area contributed by atoms with Crippen LogP contribution < -0.4 is 15.4 Å². The first kappa shape index (κ1) is 22.6. The van der Waals surface area contributed by atoms with E-state index in [0.717, 1.165) is 24.2 Å². The molecular formula is C21H24N6O5S. The molecule has 0 unspecified atom stereocenters. The van der Waals surface area contributed by atoms with Gasteiger partial charge in [-0.3, -0.25) is 14.5 Å². The number of hydrogen-bond donors (Lipinski definition) is 3. The molecule has 12 heteroatoms. The molecule has 2 fully saturated rings. The molecule has 2 heterocycles. The van der Waals surface area contributed by atoms with Crippen LogP contribution in [0.25, 0.3) is 0 Å². The second-order valence-corrected chi connectivity index (χ2v) is 9.87. The Morgan fingerprint density at radius 3 is 2.55 bits per heavy atom. The fraction of sp³-hybridized carbons (Fsp3) is 0.381. The maximum Gasteiger partial charge on any atom is 0.325 e. The smallest absolute Gasteiger partial charge is 0.325 e. The zero-order chi connectivity index (χ0) is 23.6. The number of aromatic nitrogens is 2. The summed E-state index contributed by atoms with van der Waals surface area (Å²) in [5, 5.41) is 5.39. The molecule has 1 aliphatic heterocycles. The number of nitrogens with one attached hydrogen (secondary N) is 3. The fourth-order valence-electron chi connectivity index (χ4n) is 4.23. The molecular weight excluding hydrogens is 448 g/mol. The highest BCUT2D eigenvalue weighted by atomic mass is 32.2. The van der Waals surface area contributed by atoms with Crippen molar-refractivity contribution in [2.75, 3.05) is 16.6 Å². The SMILES string of the molecule is C[C@H]1CCCC[C@@]12NC(=O)N(CC(=O)Nc1ccc(S(=O)(=O)Nc3ncccn3)cc1)C2=O. The Labute approximate surface area is 191 Å². The molecule has 1 spiro atoms. The standard InChI is InChI=1S/C21H24N6O5S/c1-14-5-2-3-10-21(14)18(29)27(20(30)25-21)13-17(28)24-15-6-8-16(9-7-15)33(31,32)26-19-22-11-4-12-23-19/h4,6-9,11-12,14H,2-3,5,10,13H2,1H3,(H,24,28)(H,25,30)(H,22,23,26)/t14-,21+/m0/s1. The summed E-state index contributed by atoms with van der Waals surface area (Å²) in [4.78, 5) is 46.4. The van der Waals surface area contributed by atoms with Gasteiger partial charge in [0.05, 0.1) is 4.90 Å². The van der Waals surface area contributed by atoms with Gasteiger partial charge < -0.3 is 10.6 Å². The largest absolute Gasteiger partial charge is 0.325 e. The van der Waals surface area contributed by atoms with Crippen LogP contribution in [0.4, 0.5) is 16.4 Å². The van der Waals surface area contributed by atoms with Crippen molar-refractivity contribution in [3.05, 3.63) is 42.7 Å². The summed E-state index contributed by atoms with van der Waals surface area (Å²) >= 11 is 0. The number of sulfonamides is 1. The number of benzene rings is 1. The van der Waals surface area contributed by atoms with Gasteiger partial charge in [-0.2, -0.15) is 0 Å². The predicted molar refractivity (Wildman–Crippen MR) is 119 cm³/mol. The minimum absolute atomic E-state index is 0.000139. The monoisotopic (exact) mass is 472 g/mol. The lowest BCUT2D eigenvalue weighted by Gasteiger charge is -2.36. The molecule has 174 valence electrons. The number of amides is 4. The van der Waals surface area contributed by atoms with E-state index in [9.17, 15) is 22.8 Å². The number of hydrogen-bond acceptors (Lipinski definition) is 7. The van der Waals surface area contributed by atoms with Gasteiger partial charge in [-0.05, 0) is 49.1 Å². The molecule has 4 amide bonds. The van der Waals surface area contributed by atoms with Crippen molar-refractivity contribution in [2.45, 2.75) is 43.0 Å². The van der Waals surface area contributed by atoms with Gasteiger partial charge >= 0.3 is 6.03 Å². The molecule has 2 aliphatic rings. The topological polar surface area (TPSA) is 150 Å². The fourth-order valence-corrected chi connectivity index (χ4v) is 5.19. The van der Waals surface area contributed by atoms with E-state index in [1.54, 1.807) is 6.07 Å². The summed E-state index contributed by atoms with van der Waals surface area (Å²) in [6.45, 7) is 1.52. The van der Waals surface area contributed by atoms with Gasteiger partial charge in [0.25, 0.3) is 15.9 Å². The molecule has 1 aliphatic carbocycles. The van der Waals surface area contributed by atoms with Crippen LogP contribution in [0.1, 0.15) is 32.6 Å². The molecule has 1 saturated carbocycles. The number of nitrogens with zero attached hydrogens (tertiary/aromatic N) is 3. The van der Waals surface area contributed by atoms with Crippen molar-refractivity contribution in [2.24, 2.45) is 5.92 Å². The van der Waals surface area contributed by atoms with Gasteiger partial charge in [-0.25, -0.2) is 27.9 Å². The first-order valence-corrected chi connectivity index (χ1v) is 12.0. The Bertz CT molecular complexity index is 1170. The molecule has 2 aromatic rings. The molecule has 1 aromatic heterocycles. The van der Waals surface area contributed by atoms with E-state index in [1.165, 1.54) is 36.7 Å². The van der Waals surface area contributed by atoms with Gasteiger partial charge in [0.1, 0.15) is 12.1 Å². The van der Waals surface area contributed by atoms with Gasteiger partial charge in [0, 0.05) is 18.1 Å². The average Bonchev–Trinajstić information content (AvgIpc) is 3.01. The number of carbonyl (C=O) groups excluding carboxylic acids is 3. The minimum atomic E-state index is -3.91. The summed E-state index contributed by atoms with van der Waals surface area (Å²) < 4.78 is 27.1. The van der Waals surface area contributed by atoms with Crippen LogP contribution in [0.3, 0.4) is 0 Å². The molecule has 0 bridgehead atoms. The van der Waals surface area contributed by atoms with Gasteiger partial charge in [0.2, 0.25) is 11.9 Å². The summed E-state index contributed by atoms with van der Waals surface area (Å²) in [6.07, 6.45) is 6.07. The maximum atomic E-state index is 13.0. The number of rotatable bonds is 6. The van der Waals surface area contributed by atoms with Crippen LogP contribution in [0.5, 0.6) is 0 Å². The van der Waals surface area contributed by atoms with Crippen LogP contribution in [0, 0.1) is 5.92 Å². The quantitative estimate of drug-likeness (QED) is 0.542. The van der Waals surface area contributed by atoms with E-state index < -0.39 is 34.0 Å².